The van der Waals surface area contributed by atoms with Crippen LogP contribution in [0.2, 0.25) is 0 Å². The van der Waals surface area contributed by atoms with Gasteiger partial charge in [-0.3, -0.25) is 4.79 Å². The zero-order chi connectivity index (χ0) is 22.7. The van der Waals surface area contributed by atoms with E-state index >= 15 is 0 Å². The van der Waals surface area contributed by atoms with E-state index in [9.17, 15) is 19.2 Å². The Balaban J connectivity index is 2.57. The molecule has 30 heavy (non-hydrogen) atoms. The molecule has 0 fully saturated rings. The number of ether oxygens (including phenoxy) is 3. The molecule has 1 atom stereocenters. The van der Waals surface area contributed by atoms with Crippen LogP contribution in [0.3, 0.4) is 0 Å². The van der Waals surface area contributed by atoms with Crippen LogP contribution in [0.15, 0.2) is 24.3 Å². The number of carbonyl (C=O) groups is 4. The third-order valence-corrected chi connectivity index (χ3v) is 4.24. The van der Waals surface area contributed by atoms with Gasteiger partial charge in [0.25, 0.3) is 5.91 Å². The second-order valence-electron chi connectivity index (χ2n) is 7.58. The summed E-state index contributed by atoms with van der Waals surface area (Å²) < 4.78 is 15.3. The minimum absolute atomic E-state index is 0.00152. The van der Waals surface area contributed by atoms with Gasteiger partial charge in [-0.15, -0.1) is 0 Å². The lowest BCUT2D eigenvalue weighted by Gasteiger charge is -2.35. The zero-order valence-corrected chi connectivity index (χ0v) is 18.0. The summed E-state index contributed by atoms with van der Waals surface area (Å²) in [6, 6.07) is 6.42. The van der Waals surface area contributed by atoms with Crippen LogP contribution in [-0.2, 0) is 24.5 Å². The topological polar surface area (TPSA) is 114 Å². The molecular weight excluding hydrogens is 394 g/mol. The summed E-state index contributed by atoms with van der Waals surface area (Å²) in [4.78, 5) is 51.9. The minimum atomic E-state index is -1.79. The average molecular weight is 421 g/mol. The van der Waals surface area contributed by atoms with Gasteiger partial charge < -0.3 is 14.2 Å². The summed E-state index contributed by atoms with van der Waals surface area (Å²) >= 11 is 0. The number of nitrogens with zero attached hydrogens (tertiary/aromatic N) is 2. The Hall–Kier alpha value is -3.30. The van der Waals surface area contributed by atoms with Crippen LogP contribution < -0.4 is 10.3 Å². The van der Waals surface area contributed by atoms with E-state index in [0.29, 0.717) is 5.56 Å². The van der Waals surface area contributed by atoms with Crippen molar-refractivity contribution in [2.24, 2.45) is 0 Å². The molecule has 1 heterocycles. The first-order valence-corrected chi connectivity index (χ1v) is 9.54. The number of hydrogen-bond donors (Lipinski definition) is 1. The zero-order valence-electron chi connectivity index (χ0n) is 18.0. The number of anilines is 1. The molecule has 0 aliphatic carbocycles. The maximum atomic E-state index is 13.5. The van der Waals surface area contributed by atoms with Gasteiger partial charge in [-0.25, -0.2) is 24.7 Å². The van der Waals surface area contributed by atoms with E-state index in [2.05, 4.69) is 5.43 Å². The summed E-state index contributed by atoms with van der Waals surface area (Å²) in [6.07, 6.45) is -2.83. The van der Waals surface area contributed by atoms with Gasteiger partial charge in [0.15, 0.2) is 5.54 Å². The summed E-state index contributed by atoms with van der Waals surface area (Å²) in [5, 5.41) is 0.736. The van der Waals surface area contributed by atoms with Crippen LogP contribution in [0.5, 0.6) is 0 Å². The average Bonchev–Trinajstić information content (AvgIpc) is 2.87. The smallest absolute Gasteiger partial charge is 0.430 e. The van der Waals surface area contributed by atoms with Crippen molar-refractivity contribution in [2.75, 3.05) is 18.1 Å². The van der Waals surface area contributed by atoms with E-state index < -0.39 is 35.3 Å². The molecule has 2 rings (SSSR count). The predicted octanol–water partition coefficient (Wildman–Crippen LogP) is 3.30. The van der Waals surface area contributed by atoms with E-state index in [1.54, 1.807) is 58.9 Å². The highest BCUT2D eigenvalue weighted by Crippen LogP contribution is 2.44. The lowest BCUT2D eigenvalue weighted by atomic mass is 9.93. The number of hydrogen-bond acceptors (Lipinski definition) is 7. The molecule has 1 aromatic carbocycles. The van der Waals surface area contributed by atoms with Crippen LogP contribution in [0, 0.1) is 0 Å². The van der Waals surface area contributed by atoms with Gasteiger partial charge in [-0.1, -0.05) is 18.2 Å². The molecule has 1 aromatic rings. The molecule has 0 saturated carbocycles. The van der Waals surface area contributed by atoms with Gasteiger partial charge in [-0.05, 0) is 47.6 Å². The number of rotatable bonds is 3. The quantitative estimate of drug-likeness (QED) is 0.588. The predicted molar refractivity (Wildman–Crippen MR) is 107 cm³/mol. The van der Waals surface area contributed by atoms with Crippen molar-refractivity contribution in [1.29, 1.82) is 0 Å². The normalized spacial score (nSPS) is 17.8. The van der Waals surface area contributed by atoms with E-state index in [-0.39, 0.29) is 18.9 Å². The fourth-order valence-electron chi connectivity index (χ4n) is 3.01. The maximum Gasteiger partial charge on any atom is 0.430 e. The number of hydrazine groups is 1. The van der Waals surface area contributed by atoms with Gasteiger partial charge in [0, 0.05) is 5.56 Å². The van der Waals surface area contributed by atoms with E-state index in [0.717, 1.165) is 9.91 Å². The number of fused-ring (bicyclic) bond motifs is 1. The summed E-state index contributed by atoms with van der Waals surface area (Å²) in [5.74, 6) is -0.789. The van der Waals surface area contributed by atoms with E-state index in [4.69, 9.17) is 14.2 Å². The SMILES string of the molecule is CCOC(=O)NN(C(=O)OCC)[C@@]1(C)C(=O)N(C(=O)OC(C)(C)C)c2ccccc21. The van der Waals surface area contributed by atoms with E-state index in [1.165, 1.54) is 6.92 Å². The Kier molecular flexibility index (Phi) is 6.59. The van der Waals surface area contributed by atoms with Crippen LogP contribution in [-0.4, -0.2) is 48.0 Å². The molecule has 10 heteroatoms. The van der Waals surface area contributed by atoms with Crippen molar-refractivity contribution in [3.63, 3.8) is 0 Å². The van der Waals surface area contributed by atoms with E-state index in [1.807, 2.05) is 0 Å². The highest BCUT2D eigenvalue weighted by Gasteiger charge is 2.57. The monoisotopic (exact) mass is 421 g/mol. The van der Waals surface area contributed by atoms with Gasteiger partial charge in [0.2, 0.25) is 0 Å². The van der Waals surface area contributed by atoms with Gasteiger partial charge in [0.05, 0.1) is 18.9 Å². The lowest BCUT2D eigenvalue weighted by molar-refractivity contribution is -0.129. The molecule has 1 aliphatic rings. The number of benzene rings is 1. The first-order chi connectivity index (χ1) is 14.0. The Labute approximate surface area is 175 Å². The standard InChI is InChI=1S/C20H27N3O7/c1-7-28-16(25)21-23(18(27)29-8-2)20(6)13-11-9-10-12-14(13)22(15(20)24)17(26)30-19(3,4)5/h9-12H,7-8H2,1-6H3,(H,21,25)/t20-/m1/s1. The number of imide groups is 1. The molecule has 0 spiro atoms. The van der Waals surface area contributed by atoms with Gasteiger partial charge in [0.1, 0.15) is 5.60 Å². The first-order valence-electron chi connectivity index (χ1n) is 9.54. The highest BCUT2D eigenvalue weighted by molar-refractivity contribution is 6.21. The molecule has 164 valence electrons. The third kappa shape index (κ3) is 4.32. The van der Waals surface area contributed by atoms with Gasteiger partial charge in [-0.2, -0.15) is 5.01 Å². The highest BCUT2D eigenvalue weighted by atomic mass is 16.6. The van der Waals surface area contributed by atoms with Gasteiger partial charge >= 0.3 is 18.3 Å². The summed E-state index contributed by atoms with van der Waals surface area (Å²) in [5.41, 5.74) is 0.171. The van der Waals surface area contributed by atoms with Crippen molar-refractivity contribution in [3.8, 4) is 0 Å². The van der Waals surface area contributed by atoms with Crippen LogP contribution >= 0.6 is 0 Å². The summed E-state index contributed by atoms with van der Waals surface area (Å²) in [6.45, 7) is 9.64. The fraction of sp³-hybridized carbons (Fsp3) is 0.500. The second-order valence-corrected chi connectivity index (χ2v) is 7.58. The molecule has 0 bridgehead atoms. The van der Waals surface area contributed by atoms with Crippen molar-refractivity contribution < 1.29 is 33.4 Å². The van der Waals surface area contributed by atoms with Crippen molar-refractivity contribution in [3.05, 3.63) is 29.8 Å². The molecule has 0 radical (unpaired) electrons. The maximum absolute atomic E-state index is 13.5. The Morgan fingerprint density at radius 1 is 1.10 bits per heavy atom. The molecule has 4 amide bonds. The second kappa shape index (κ2) is 8.60. The number of nitrogens with one attached hydrogen (secondary N) is 1. The molecule has 1 N–H and O–H groups in total. The van der Waals surface area contributed by atoms with Crippen molar-refractivity contribution in [1.82, 2.24) is 10.4 Å². The third-order valence-electron chi connectivity index (χ3n) is 4.24. The minimum Gasteiger partial charge on any atom is -0.449 e. The Morgan fingerprint density at radius 2 is 1.70 bits per heavy atom. The Morgan fingerprint density at radius 3 is 2.27 bits per heavy atom. The largest absolute Gasteiger partial charge is 0.449 e. The molecule has 0 aromatic heterocycles. The van der Waals surface area contributed by atoms with Crippen molar-refractivity contribution >= 4 is 29.9 Å². The van der Waals surface area contributed by atoms with Crippen LogP contribution in [0.25, 0.3) is 0 Å². The molecule has 0 saturated heterocycles. The molecule has 10 nitrogen and oxygen atoms in total. The lowest BCUT2D eigenvalue weighted by Crippen LogP contribution is -2.61. The fourth-order valence-corrected chi connectivity index (χ4v) is 3.01. The van der Waals surface area contributed by atoms with Crippen LogP contribution in [0.4, 0.5) is 20.1 Å². The van der Waals surface area contributed by atoms with Crippen molar-refractivity contribution in [2.45, 2.75) is 52.7 Å². The molecule has 1 aliphatic heterocycles. The number of amides is 4. The first kappa shape index (κ1) is 23.0. The Bertz CT molecular complexity index is 849. The molecule has 0 unspecified atom stereocenters. The van der Waals surface area contributed by atoms with Crippen LogP contribution in [0.1, 0.15) is 47.1 Å². The molecular formula is C20H27N3O7. The summed E-state index contributed by atoms with van der Waals surface area (Å²) in [7, 11) is 0. The number of carbonyl (C=O) groups excluding carboxylic acids is 4. The number of para-hydroxylation sites is 1.